The number of thiazole rings is 1. The lowest BCUT2D eigenvalue weighted by molar-refractivity contribution is -0.384. The Morgan fingerprint density at radius 2 is 1.84 bits per heavy atom. The van der Waals surface area contributed by atoms with Gasteiger partial charge >= 0.3 is 5.97 Å². The van der Waals surface area contributed by atoms with Crippen LogP contribution in [0.2, 0.25) is 0 Å². The summed E-state index contributed by atoms with van der Waals surface area (Å²) in [6, 6.07) is 18.1. The van der Waals surface area contributed by atoms with Crippen molar-refractivity contribution in [3.63, 3.8) is 0 Å². The number of carbonyl (C=O) groups is 1. The molecule has 1 aliphatic rings. The summed E-state index contributed by atoms with van der Waals surface area (Å²) in [6.07, 6.45) is 1.30. The van der Waals surface area contributed by atoms with Gasteiger partial charge in [-0.15, -0.1) is 0 Å². The topological polar surface area (TPSA) is 117 Å². The Kier molecular flexibility index (Phi) is 6.64. The van der Waals surface area contributed by atoms with E-state index in [1.165, 1.54) is 28.0 Å². The van der Waals surface area contributed by atoms with Crippen LogP contribution in [0.3, 0.4) is 0 Å². The van der Waals surface area contributed by atoms with Gasteiger partial charge in [-0.25, -0.2) is 9.79 Å². The predicted molar refractivity (Wildman–Crippen MR) is 142 cm³/mol. The van der Waals surface area contributed by atoms with Crippen LogP contribution in [0.15, 0.2) is 92.2 Å². The first-order valence-electron chi connectivity index (χ1n) is 11.9. The highest BCUT2D eigenvalue weighted by molar-refractivity contribution is 7.07. The van der Waals surface area contributed by atoms with Gasteiger partial charge < -0.3 is 9.15 Å². The Bertz CT molecular complexity index is 1740. The molecule has 10 heteroatoms. The molecule has 0 fully saturated rings. The number of nitro benzene ring substituents is 1. The largest absolute Gasteiger partial charge is 0.459 e. The van der Waals surface area contributed by atoms with Crippen LogP contribution in [-0.4, -0.2) is 21.6 Å². The molecule has 192 valence electrons. The van der Waals surface area contributed by atoms with Crippen LogP contribution in [0.5, 0.6) is 0 Å². The summed E-state index contributed by atoms with van der Waals surface area (Å²) < 4.78 is 13.3. The number of allylic oxidation sites excluding steroid dienone is 1. The van der Waals surface area contributed by atoms with Gasteiger partial charge in [-0.05, 0) is 50.6 Å². The third kappa shape index (κ3) is 4.73. The number of esters is 1. The maximum absolute atomic E-state index is 13.7. The fourth-order valence-electron chi connectivity index (χ4n) is 4.27. The monoisotopic (exact) mass is 529 g/mol. The molecule has 38 heavy (non-hydrogen) atoms. The van der Waals surface area contributed by atoms with E-state index in [0.29, 0.717) is 37.7 Å². The number of hydrogen-bond donors (Lipinski definition) is 0. The first kappa shape index (κ1) is 25.1. The van der Waals surface area contributed by atoms with Gasteiger partial charge in [-0.3, -0.25) is 19.5 Å². The standard InChI is InChI=1S/C28H23N3O6S/c1-16(2)36-27(33)24-17(3)29-28-30(25(24)19-7-5-4-6-8-19)26(32)23(38-28)15-21-13-14-22(37-21)18-9-11-20(12-10-18)31(34)35/h4-16,25H,1-3H3. The van der Waals surface area contributed by atoms with E-state index in [4.69, 9.17) is 9.15 Å². The molecule has 4 aromatic rings. The van der Waals surface area contributed by atoms with Crippen LogP contribution < -0.4 is 14.9 Å². The first-order chi connectivity index (χ1) is 18.2. The zero-order valence-electron chi connectivity index (χ0n) is 20.8. The van der Waals surface area contributed by atoms with E-state index in [2.05, 4.69) is 4.99 Å². The van der Waals surface area contributed by atoms with Crippen molar-refractivity contribution in [2.75, 3.05) is 0 Å². The Labute approximate surface area is 220 Å². The van der Waals surface area contributed by atoms with Gasteiger partial charge in [0.05, 0.1) is 32.9 Å². The maximum atomic E-state index is 13.7. The van der Waals surface area contributed by atoms with E-state index in [1.807, 2.05) is 30.3 Å². The van der Waals surface area contributed by atoms with E-state index in [-0.39, 0.29) is 17.4 Å². The van der Waals surface area contributed by atoms with Crippen LogP contribution in [0.25, 0.3) is 17.4 Å². The van der Waals surface area contributed by atoms with Gasteiger partial charge in [0, 0.05) is 23.8 Å². The molecule has 9 nitrogen and oxygen atoms in total. The van der Waals surface area contributed by atoms with Crippen molar-refractivity contribution < 1.29 is 18.9 Å². The number of aromatic nitrogens is 1. The van der Waals surface area contributed by atoms with Crippen molar-refractivity contribution in [1.29, 1.82) is 0 Å². The number of nitro groups is 1. The summed E-state index contributed by atoms with van der Waals surface area (Å²) in [6.45, 7) is 5.29. The van der Waals surface area contributed by atoms with Crippen LogP contribution >= 0.6 is 11.3 Å². The molecule has 2 aromatic carbocycles. The molecular weight excluding hydrogens is 506 g/mol. The van der Waals surface area contributed by atoms with Gasteiger partial charge in [0.1, 0.15) is 11.5 Å². The second-order valence-electron chi connectivity index (χ2n) is 8.95. The number of furan rings is 1. The zero-order chi connectivity index (χ0) is 27.0. The molecule has 1 aliphatic heterocycles. The average Bonchev–Trinajstić information content (AvgIpc) is 3.47. The van der Waals surface area contributed by atoms with Crippen molar-refractivity contribution in [2.24, 2.45) is 4.99 Å². The van der Waals surface area contributed by atoms with Gasteiger partial charge in [0.2, 0.25) is 0 Å². The molecule has 1 unspecified atom stereocenters. The minimum absolute atomic E-state index is 0.0125. The van der Waals surface area contributed by atoms with Crippen LogP contribution in [-0.2, 0) is 9.53 Å². The molecule has 5 rings (SSSR count). The third-order valence-corrected chi connectivity index (χ3v) is 6.95. The van der Waals surface area contributed by atoms with Crippen LogP contribution in [0, 0.1) is 10.1 Å². The number of benzene rings is 2. The lowest BCUT2D eigenvalue weighted by Crippen LogP contribution is -2.40. The second kappa shape index (κ2) is 10.1. The maximum Gasteiger partial charge on any atom is 0.338 e. The minimum Gasteiger partial charge on any atom is -0.459 e. The van der Waals surface area contributed by atoms with Crippen molar-refractivity contribution in [3.05, 3.63) is 119 Å². The molecule has 0 amide bonds. The molecule has 3 heterocycles. The summed E-state index contributed by atoms with van der Waals surface area (Å²) in [5, 5.41) is 10.9. The van der Waals surface area contributed by atoms with Gasteiger partial charge in [0.15, 0.2) is 4.80 Å². The molecule has 0 radical (unpaired) electrons. The predicted octanol–water partition coefficient (Wildman–Crippen LogP) is 4.36. The first-order valence-corrected chi connectivity index (χ1v) is 12.7. The number of ether oxygens (including phenoxy) is 1. The highest BCUT2D eigenvalue weighted by Crippen LogP contribution is 2.31. The van der Waals surface area contributed by atoms with E-state index >= 15 is 0 Å². The number of fused-ring (bicyclic) bond motifs is 1. The summed E-state index contributed by atoms with van der Waals surface area (Å²) in [4.78, 5) is 42.3. The summed E-state index contributed by atoms with van der Waals surface area (Å²) in [5.41, 5.74) is 1.94. The summed E-state index contributed by atoms with van der Waals surface area (Å²) in [7, 11) is 0. The van der Waals surface area contributed by atoms with E-state index in [9.17, 15) is 19.7 Å². The SMILES string of the molecule is CC1=C(C(=O)OC(C)C)C(c2ccccc2)n2c(sc(=Cc3ccc(-c4ccc([N+](=O)[O-])cc4)o3)c2=O)=N1. The molecule has 0 spiro atoms. The van der Waals surface area contributed by atoms with Crippen molar-refractivity contribution in [2.45, 2.75) is 32.9 Å². The Morgan fingerprint density at radius 3 is 2.50 bits per heavy atom. The molecule has 0 saturated carbocycles. The molecule has 0 N–H and O–H groups in total. The number of non-ortho nitro benzene ring substituents is 1. The number of rotatable bonds is 6. The second-order valence-corrected chi connectivity index (χ2v) is 9.96. The van der Waals surface area contributed by atoms with Gasteiger partial charge in [0.25, 0.3) is 11.2 Å². The van der Waals surface area contributed by atoms with E-state index in [1.54, 1.807) is 51.1 Å². The Balaban J connectivity index is 1.58. The minimum atomic E-state index is -0.687. The number of carbonyl (C=O) groups excluding carboxylic acids is 1. The molecule has 2 aromatic heterocycles. The lowest BCUT2D eigenvalue weighted by Gasteiger charge is -2.25. The number of nitrogens with zero attached hydrogens (tertiary/aromatic N) is 3. The lowest BCUT2D eigenvalue weighted by atomic mass is 9.96. The Morgan fingerprint density at radius 1 is 1.13 bits per heavy atom. The quantitative estimate of drug-likeness (QED) is 0.208. The van der Waals surface area contributed by atoms with Crippen molar-refractivity contribution in [1.82, 2.24) is 4.57 Å². The molecule has 0 aliphatic carbocycles. The fourth-order valence-corrected chi connectivity index (χ4v) is 5.30. The highest BCUT2D eigenvalue weighted by atomic mass is 32.1. The summed E-state index contributed by atoms with van der Waals surface area (Å²) in [5.74, 6) is 0.439. The molecule has 0 saturated heterocycles. The van der Waals surface area contributed by atoms with Crippen LogP contribution in [0.1, 0.15) is 38.1 Å². The van der Waals surface area contributed by atoms with Gasteiger partial charge in [-0.2, -0.15) is 0 Å². The Hall–Kier alpha value is -4.57. The average molecular weight is 530 g/mol. The normalized spacial score (nSPS) is 15.4. The van der Waals surface area contributed by atoms with Crippen molar-refractivity contribution >= 4 is 29.1 Å². The zero-order valence-corrected chi connectivity index (χ0v) is 21.6. The number of hydrogen-bond acceptors (Lipinski definition) is 8. The fraction of sp³-hybridized carbons (Fsp3) is 0.179. The van der Waals surface area contributed by atoms with E-state index < -0.39 is 16.9 Å². The molecular formula is C28H23N3O6S. The third-order valence-electron chi connectivity index (χ3n) is 5.96. The summed E-state index contributed by atoms with van der Waals surface area (Å²) >= 11 is 1.20. The van der Waals surface area contributed by atoms with Crippen molar-refractivity contribution in [3.8, 4) is 11.3 Å². The molecule has 1 atom stereocenters. The van der Waals surface area contributed by atoms with E-state index in [0.717, 1.165) is 5.56 Å². The highest BCUT2D eigenvalue weighted by Gasteiger charge is 2.33. The van der Waals surface area contributed by atoms with Crippen LogP contribution in [0.4, 0.5) is 5.69 Å². The smallest absolute Gasteiger partial charge is 0.338 e. The van der Waals surface area contributed by atoms with Gasteiger partial charge in [-0.1, -0.05) is 41.7 Å². The molecule has 0 bridgehead atoms.